The highest BCUT2D eigenvalue weighted by Gasteiger charge is 2.16. The lowest BCUT2D eigenvalue weighted by molar-refractivity contribution is -0.123. The van der Waals surface area contributed by atoms with Crippen molar-refractivity contribution in [3.05, 3.63) is 52.2 Å². The summed E-state index contributed by atoms with van der Waals surface area (Å²) in [4.78, 5) is 15.4. The fourth-order valence-electron chi connectivity index (χ4n) is 2.36. The lowest BCUT2D eigenvalue weighted by atomic mass is 10.1. The second-order valence-electron chi connectivity index (χ2n) is 5.55. The van der Waals surface area contributed by atoms with Crippen LogP contribution >= 0.6 is 11.3 Å². The van der Waals surface area contributed by atoms with E-state index in [0.717, 1.165) is 17.7 Å². The van der Waals surface area contributed by atoms with Gasteiger partial charge in [0.25, 0.3) is 5.91 Å². The maximum Gasteiger partial charge on any atom is 0.258 e. The Morgan fingerprint density at radius 1 is 1.26 bits per heavy atom. The molecule has 0 aliphatic heterocycles. The van der Waals surface area contributed by atoms with Gasteiger partial charge in [0.1, 0.15) is 5.75 Å². The molecule has 0 radical (unpaired) electrons. The van der Waals surface area contributed by atoms with Gasteiger partial charge in [0, 0.05) is 11.4 Å². The van der Waals surface area contributed by atoms with Crippen LogP contribution in [0.5, 0.6) is 5.75 Å². The molecule has 2 rings (SSSR count). The number of nitrogens with one attached hydrogen (secondary N) is 1. The largest absolute Gasteiger partial charge is 0.483 e. The molecule has 1 amide bonds. The summed E-state index contributed by atoms with van der Waals surface area (Å²) in [6, 6.07) is 12.1. The summed E-state index contributed by atoms with van der Waals surface area (Å²) in [5.41, 5.74) is 1.12. The highest BCUT2D eigenvalue weighted by atomic mass is 32.1. The van der Waals surface area contributed by atoms with Crippen LogP contribution in [-0.2, 0) is 11.2 Å². The van der Waals surface area contributed by atoms with Crippen LogP contribution in [0.15, 0.2) is 41.8 Å². The van der Waals surface area contributed by atoms with Gasteiger partial charge in [-0.1, -0.05) is 31.2 Å². The molecule has 2 aromatic rings. The van der Waals surface area contributed by atoms with Gasteiger partial charge in [0.15, 0.2) is 6.61 Å². The minimum absolute atomic E-state index is 0.0433. The van der Waals surface area contributed by atoms with Gasteiger partial charge >= 0.3 is 0 Å². The number of para-hydroxylation sites is 1. The Bertz CT molecular complexity index is 611. The summed E-state index contributed by atoms with van der Waals surface area (Å²) >= 11 is 1.70. The highest BCUT2D eigenvalue weighted by molar-refractivity contribution is 7.10. The van der Waals surface area contributed by atoms with Crippen molar-refractivity contribution in [1.29, 1.82) is 0 Å². The molecule has 1 aromatic heterocycles. The van der Waals surface area contributed by atoms with Crippen LogP contribution in [-0.4, -0.2) is 38.1 Å². The van der Waals surface area contributed by atoms with E-state index in [1.165, 1.54) is 4.88 Å². The molecule has 0 bridgehead atoms. The average molecular weight is 332 g/mol. The van der Waals surface area contributed by atoms with E-state index in [1.54, 1.807) is 11.3 Å². The molecule has 1 atom stereocenters. The van der Waals surface area contributed by atoms with Crippen LogP contribution in [0.3, 0.4) is 0 Å². The van der Waals surface area contributed by atoms with Gasteiger partial charge < -0.3 is 15.0 Å². The van der Waals surface area contributed by atoms with Crippen LogP contribution in [0, 0.1) is 0 Å². The van der Waals surface area contributed by atoms with Crippen LogP contribution < -0.4 is 10.1 Å². The molecule has 1 N–H and O–H groups in total. The summed E-state index contributed by atoms with van der Waals surface area (Å²) in [6.45, 7) is 2.69. The quantitative estimate of drug-likeness (QED) is 0.807. The highest BCUT2D eigenvalue weighted by Crippen LogP contribution is 2.22. The molecule has 1 heterocycles. The van der Waals surface area contributed by atoms with Gasteiger partial charge in [-0.25, -0.2) is 0 Å². The summed E-state index contributed by atoms with van der Waals surface area (Å²) < 4.78 is 5.65. The van der Waals surface area contributed by atoms with E-state index in [-0.39, 0.29) is 18.6 Å². The minimum Gasteiger partial charge on any atom is -0.483 e. The third kappa shape index (κ3) is 5.08. The molecule has 1 aromatic carbocycles. The number of carbonyl (C=O) groups is 1. The number of ether oxygens (including phenoxy) is 1. The normalized spacial score (nSPS) is 12.2. The van der Waals surface area contributed by atoms with Crippen LogP contribution in [0.25, 0.3) is 0 Å². The summed E-state index contributed by atoms with van der Waals surface area (Å²) in [5.74, 6) is 0.687. The number of amides is 1. The van der Waals surface area contributed by atoms with Gasteiger partial charge in [-0.2, -0.15) is 0 Å². The predicted molar refractivity (Wildman–Crippen MR) is 95.1 cm³/mol. The summed E-state index contributed by atoms with van der Waals surface area (Å²) in [5, 5.41) is 5.02. The Morgan fingerprint density at radius 2 is 2.04 bits per heavy atom. The number of nitrogens with zero attached hydrogens (tertiary/aromatic N) is 1. The molecule has 0 aliphatic carbocycles. The van der Waals surface area contributed by atoms with E-state index in [0.29, 0.717) is 6.54 Å². The number of hydrogen-bond acceptors (Lipinski definition) is 4. The van der Waals surface area contributed by atoms with Crippen molar-refractivity contribution in [2.45, 2.75) is 19.4 Å². The third-order valence-corrected chi connectivity index (χ3v) is 4.67. The lowest BCUT2D eigenvalue weighted by Crippen LogP contribution is -2.36. The lowest BCUT2D eigenvalue weighted by Gasteiger charge is -2.23. The van der Waals surface area contributed by atoms with Crippen LogP contribution in [0.4, 0.5) is 0 Å². The topological polar surface area (TPSA) is 41.6 Å². The first kappa shape index (κ1) is 17.5. The Morgan fingerprint density at radius 3 is 2.70 bits per heavy atom. The maximum atomic E-state index is 12.1. The first-order valence-corrected chi connectivity index (χ1v) is 8.67. The van der Waals surface area contributed by atoms with Gasteiger partial charge in [-0.15, -0.1) is 11.3 Å². The summed E-state index contributed by atoms with van der Waals surface area (Å²) in [6.07, 6.45) is 0.888. The molecule has 0 saturated carbocycles. The Labute approximate surface area is 142 Å². The van der Waals surface area contributed by atoms with Crippen molar-refractivity contribution >= 4 is 17.2 Å². The second kappa shape index (κ2) is 8.70. The van der Waals surface area contributed by atoms with Crippen molar-refractivity contribution in [3.8, 4) is 5.75 Å². The fraction of sp³-hybridized carbons (Fsp3) is 0.389. The maximum absolute atomic E-state index is 12.1. The van der Waals surface area contributed by atoms with E-state index in [2.05, 4.69) is 28.6 Å². The smallest absolute Gasteiger partial charge is 0.258 e. The van der Waals surface area contributed by atoms with E-state index in [9.17, 15) is 4.79 Å². The zero-order valence-corrected chi connectivity index (χ0v) is 14.7. The number of rotatable bonds is 8. The molecule has 5 heteroatoms. The van der Waals surface area contributed by atoms with Gasteiger partial charge in [0.2, 0.25) is 0 Å². The van der Waals surface area contributed by atoms with Crippen molar-refractivity contribution in [3.63, 3.8) is 0 Å². The predicted octanol–water partition coefficient (Wildman–Crippen LogP) is 3.11. The third-order valence-electron chi connectivity index (χ3n) is 3.70. The molecule has 1 unspecified atom stereocenters. The first-order chi connectivity index (χ1) is 11.1. The molecule has 0 aliphatic rings. The number of aryl methyl sites for hydroxylation is 1. The molecular weight excluding hydrogens is 308 g/mol. The van der Waals surface area contributed by atoms with Gasteiger partial charge in [0.05, 0.1) is 6.04 Å². The number of carbonyl (C=O) groups excluding carboxylic acids is 1. The van der Waals surface area contributed by atoms with Gasteiger partial charge in [-0.05, 0) is 43.6 Å². The van der Waals surface area contributed by atoms with Gasteiger partial charge in [-0.3, -0.25) is 4.79 Å². The molecule has 0 spiro atoms. The van der Waals surface area contributed by atoms with E-state index in [4.69, 9.17) is 4.74 Å². The number of thiophene rings is 1. The second-order valence-corrected chi connectivity index (χ2v) is 6.53. The van der Waals surface area contributed by atoms with E-state index < -0.39 is 0 Å². The number of hydrogen-bond donors (Lipinski definition) is 1. The molecular formula is C18H24N2O2S. The van der Waals surface area contributed by atoms with Crippen LogP contribution in [0.2, 0.25) is 0 Å². The van der Waals surface area contributed by atoms with Crippen molar-refractivity contribution in [1.82, 2.24) is 10.2 Å². The van der Waals surface area contributed by atoms with Crippen molar-refractivity contribution in [2.75, 3.05) is 27.2 Å². The Kier molecular flexibility index (Phi) is 6.62. The molecule has 4 nitrogen and oxygen atoms in total. The van der Waals surface area contributed by atoms with E-state index >= 15 is 0 Å². The van der Waals surface area contributed by atoms with Crippen molar-refractivity contribution in [2.24, 2.45) is 0 Å². The molecule has 0 saturated heterocycles. The monoisotopic (exact) mass is 332 g/mol. The zero-order valence-electron chi connectivity index (χ0n) is 13.9. The minimum atomic E-state index is -0.0979. The zero-order chi connectivity index (χ0) is 16.7. The SMILES string of the molecule is CCc1ccccc1OCC(=O)NCC(c1cccs1)N(C)C. The Hall–Kier alpha value is -1.85. The molecule has 0 fully saturated rings. The first-order valence-electron chi connectivity index (χ1n) is 7.79. The van der Waals surface area contributed by atoms with Crippen LogP contribution in [0.1, 0.15) is 23.4 Å². The molecule has 23 heavy (non-hydrogen) atoms. The summed E-state index contributed by atoms with van der Waals surface area (Å²) in [7, 11) is 4.04. The van der Waals surface area contributed by atoms with Crippen molar-refractivity contribution < 1.29 is 9.53 Å². The van der Waals surface area contributed by atoms with E-state index in [1.807, 2.05) is 44.4 Å². The number of benzene rings is 1. The standard InChI is InChI=1S/C18H24N2O2S/c1-4-14-8-5-6-9-16(14)22-13-18(21)19-12-15(20(2)3)17-10-7-11-23-17/h5-11,15H,4,12-13H2,1-3H3,(H,19,21). The number of likely N-dealkylation sites (N-methyl/N-ethyl adjacent to an activating group) is 1. The average Bonchev–Trinajstić information content (AvgIpc) is 3.07. The Balaban J connectivity index is 1.85. The fourth-order valence-corrected chi connectivity index (χ4v) is 3.28. The molecule has 124 valence electrons.